The van der Waals surface area contributed by atoms with Crippen molar-refractivity contribution in [3.8, 4) is 0 Å². The molecule has 3 rings (SSSR count). The summed E-state index contributed by atoms with van der Waals surface area (Å²) >= 11 is 0. The quantitative estimate of drug-likeness (QED) is 0.629. The number of rotatable bonds is 5. The average molecular weight is 407 g/mol. The maximum atomic E-state index is 13.5. The molecule has 0 unspecified atom stereocenters. The Balaban J connectivity index is 1.82. The number of imidazole rings is 1. The number of hydrogen-bond acceptors (Lipinski definition) is 2. The van der Waals surface area contributed by atoms with Crippen LogP contribution >= 0.6 is 0 Å². The van der Waals surface area contributed by atoms with E-state index in [0.717, 1.165) is 10.1 Å². The van der Waals surface area contributed by atoms with Gasteiger partial charge in [0.15, 0.2) is 0 Å². The minimum absolute atomic E-state index is 0.141. The smallest absolute Gasteiger partial charge is 0.354 e. The second kappa shape index (κ2) is 7.50. The van der Waals surface area contributed by atoms with E-state index in [9.17, 15) is 22.4 Å². The number of halogens is 4. The van der Waals surface area contributed by atoms with Gasteiger partial charge < -0.3 is 9.88 Å². The second-order valence-corrected chi connectivity index (χ2v) is 7.68. The zero-order chi connectivity index (χ0) is 21.4. The first-order valence-corrected chi connectivity index (χ1v) is 9.04. The Morgan fingerprint density at radius 3 is 2.52 bits per heavy atom. The van der Waals surface area contributed by atoms with Crippen molar-refractivity contribution in [3.05, 3.63) is 65.2 Å². The van der Waals surface area contributed by atoms with Crippen molar-refractivity contribution in [2.45, 2.75) is 38.9 Å². The normalized spacial score (nSPS) is 12.4. The molecular formula is C21H21F4N3O. The molecule has 3 aromatic rings. The number of benzene rings is 2. The lowest BCUT2D eigenvalue weighted by Crippen LogP contribution is -2.38. The van der Waals surface area contributed by atoms with Crippen LogP contribution in [-0.2, 0) is 22.9 Å². The van der Waals surface area contributed by atoms with Gasteiger partial charge in [0.1, 0.15) is 12.4 Å². The van der Waals surface area contributed by atoms with Gasteiger partial charge in [0.25, 0.3) is 0 Å². The molecule has 1 amide bonds. The van der Waals surface area contributed by atoms with Crippen molar-refractivity contribution in [3.63, 3.8) is 0 Å². The lowest BCUT2D eigenvalue weighted by Gasteiger charge is -2.26. The van der Waals surface area contributed by atoms with Gasteiger partial charge in [-0.15, -0.1) is 0 Å². The molecule has 1 N–H and O–H groups in total. The summed E-state index contributed by atoms with van der Waals surface area (Å²) < 4.78 is 54.6. The van der Waals surface area contributed by atoms with Gasteiger partial charge in [-0.25, -0.2) is 9.37 Å². The summed E-state index contributed by atoms with van der Waals surface area (Å²) in [6.45, 7) is 5.01. The van der Waals surface area contributed by atoms with Crippen LogP contribution in [0.15, 0.2) is 42.5 Å². The summed E-state index contributed by atoms with van der Waals surface area (Å²) in [5.74, 6) is -2.09. The average Bonchev–Trinajstić information content (AvgIpc) is 2.98. The predicted octanol–water partition coefficient (Wildman–Crippen LogP) is 4.60. The highest BCUT2D eigenvalue weighted by atomic mass is 19.4. The molecule has 0 fully saturated rings. The van der Waals surface area contributed by atoms with Gasteiger partial charge in [-0.1, -0.05) is 32.0 Å². The van der Waals surface area contributed by atoms with Crippen molar-refractivity contribution in [2.75, 3.05) is 6.54 Å². The Kier molecular flexibility index (Phi) is 5.38. The molecule has 154 valence electrons. The van der Waals surface area contributed by atoms with Gasteiger partial charge in [0.05, 0.1) is 11.0 Å². The van der Waals surface area contributed by atoms with Gasteiger partial charge in [0, 0.05) is 12.0 Å². The first kappa shape index (κ1) is 20.8. The van der Waals surface area contributed by atoms with Gasteiger partial charge in [0.2, 0.25) is 11.7 Å². The van der Waals surface area contributed by atoms with Crippen LogP contribution in [0.2, 0.25) is 0 Å². The van der Waals surface area contributed by atoms with E-state index in [0.29, 0.717) is 5.56 Å². The Bertz CT molecular complexity index is 1050. The van der Waals surface area contributed by atoms with E-state index in [1.807, 2.05) is 13.8 Å². The zero-order valence-corrected chi connectivity index (χ0v) is 16.3. The van der Waals surface area contributed by atoms with E-state index in [1.54, 1.807) is 31.2 Å². The maximum absolute atomic E-state index is 13.5. The van der Waals surface area contributed by atoms with Crippen molar-refractivity contribution < 1.29 is 22.4 Å². The standard InChI is InChI=1S/C21H21F4N3O/c1-13-7-8-16-17(9-13)28(19(27-16)21(23,24)25)11-18(29)26-12-20(2,3)14-5-4-6-15(22)10-14/h4-10H,11-12H2,1-3H3,(H,26,29). The molecule has 0 saturated heterocycles. The van der Waals surface area contributed by atoms with Crippen LogP contribution in [0.4, 0.5) is 17.6 Å². The second-order valence-electron chi connectivity index (χ2n) is 7.68. The molecule has 4 nitrogen and oxygen atoms in total. The topological polar surface area (TPSA) is 46.9 Å². The maximum Gasteiger partial charge on any atom is 0.449 e. The number of aromatic nitrogens is 2. The number of nitrogens with one attached hydrogen (secondary N) is 1. The number of carbonyl (C=O) groups excluding carboxylic acids is 1. The van der Waals surface area contributed by atoms with Gasteiger partial charge in [-0.2, -0.15) is 13.2 Å². The molecule has 8 heteroatoms. The first-order valence-electron chi connectivity index (χ1n) is 9.04. The van der Waals surface area contributed by atoms with Crippen LogP contribution in [-0.4, -0.2) is 22.0 Å². The van der Waals surface area contributed by atoms with Crippen molar-refractivity contribution in [1.29, 1.82) is 0 Å². The summed E-state index contributed by atoms with van der Waals surface area (Å²) in [5, 5.41) is 2.66. The highest BCUT2D eigenvalue weighted by molar-refractivity contribution is 5.81. The van der Waals surface area contributed by atoms with Gasteiger partial charge in [-0.05, 0) is 42.3 Å². The Morgan fingerprint density at radius 2 is 1.86 bits per heavy atom. The van der Waals surface area contributed by atoms with Crippen LogP contribution < -0.4 is 5.32 Å². The van der Waals surface area contributed by atoms with E-state index < -0.39 is 35.7 Å². The number of aryl methyl sites for hydroxylation is 1. The fourth-order valence-corrected chi connectivity index (χ4v) is 3.14. The number of carbonyl (C=O) groups is 1. The van der Waals surface area contributed by atoms with Gasteiger partial charge in [-0.3, -0.25) is 4.79 Å². The molecule has 0 saturated carbocycles. The molecule has 29 heavy (non-hydrogen) atoms. The fourth-order valence-electron chi connectivity index (χ4n) is 3.14. The molecule has 0 aliphatic rings. The molecule has 0 aliphatic carbocycles. The summed E-state index contributed by atoms with van der Waals surface area (Å²) in [5.41, 5.74) is 1.27. The molecular weight excluding hydrogens is 386 g/mol. The largest absolute Gasteiger partial charge is 0.449 e. The molecule has 0 atom stereocenters. The van der Waals surface area contributed by atoms with Crippen LogP contribution in [0, 0.1) is 12.7 Å². The summed E-state index contributed by atoms with van der Waals surface area (Å²) in [6.07, 6.45) is -4.69. The molecule has 2 aromatic carbocycles. The van der Waals surface area contributed by atoms with E-state index in [1.165, 1.54) is 18.2 Å². The minimum Gasteiger partial charge on any atom is -0.354 e. The molecule has 0 spiro atoms. The van der Waals surface area contributed by atoms with E-state index in [2.05, 4.69) is 10.3 Å². The van der Waals surface area contributed by atoms with Crippen LogP contribution in [0.25, 0.3) is 11.0 Å². The molecule has 1 heterocycles. The highest BCUT2D eigenvalue weighted by Crippen LogP contribution is 2.32. The monoisotopic (exact) mass is 407 g/mol. The van der Waals surface area contributed by atoms with Crippen molar-refractivity contribution in [2.24, 2.45) is 0 Å². The Morgan fingerprint density at radius 1 is 1.14 bits per heavy atom. The van der Waals surface area contributed by atoms with Crippen LogP contribution in [0.3, 0.4) is 0 Å². The fraction of sp³-hybridized carbons (Fsp3) is 0.333. The molecule has 0 aliphatic heterocycles. The highest BCUT2D eigenvalue weighted by Gasteiger charge is 2.38. The number of alkyl halides is 3. The number of amides is 1. The summed E-state index contributed by atoms with van der Waals surface area (Å²) in [7, 11) is 0. The third-order valence-corrected chi connectivity index (χ3v) is 4.79. The Hall–Kier alpha value is -2.90. The number of nitrogens with zero attached hydrogens (tertiary/aromatic N) is 2. The first-order chi connectivity index (χ1) is 13.5. The predicted molar refractivity (Wildman–Crippen MR) is 102 cm³/mol. The number of hydrogen-bond donors (Lipinski definition) is 1. The lowest BCUT2D eigenvalue weighted by atomic mass is 9.84. The van der Waals surface area contributed by atoms with E-state index in [-0.39, 0.29) is 17.6 Å². The van der Waals surface area contributed by atoms with Crippen molar-refractivity contribution >= 4 is 16.9 Å². The molecule has 0 bridgehead atoms. The van der Waals surface area contributed by atoms with E-state index in [4.69, 9.17) is 0 Å². The van der Waals surface area contributed by atoms with Crippen molar-refractivity contribution in [1.82, 2.24) is 14.9 Å². The van der Waals surface area contributed by atoms with Crippen LogP contribution in [0.1, 0.15) is 30.8 Å². The summed E-state index contributed by atoms with van der Waals surface area (Å²) in [6, 6.07) is 10.8. The lowest BCUT2D eigenvalue weighted by molar-refractivity contribution is -0.147. The SMILES string of the molecule is Cc1ccc2nc(C(F)(F)F)n(CC(=O)NCC(C)(C)c3cccc(F)c3)c2c1. The Labute approximate surface area is 165 Å². The number of fused-ring (bicyclic) bond motifs is 1. The minimum atomic E-state index is -4.69. The van der Waals surface area contributed by atoms with Gasteiger partial charge >= 0.3 is 6.18 Å². The van der Waals surface area contributed by atoms with Crippen LogP contribution in [0.5, 0.6) is 0 Å². The third-order valence-electron chi connectivity index (χ3n) is 4.79. The third kappa shape index (κ3) is 4.58. The van der Waals surface area contributed by atoms with E-state index >= 15 is 0 Å². The zero-order valence-electron chi connectivity index (χ0n) is 16.3. The summed E-state index contributed by atoms with van der Waals surface area (Å²) in [4.78, 5) is 16.1. The molecule has 1 aromatic heterocycles. The molecule has 0 radical (unpaired) electrons.